The second-order valence-corrected chi connectivity index (χ2v) is 5.49. The summed E-state index contributed by atoms with van der Waals surface area (Å²) in [6, 6.07) is 5.89. The lowest BCUT2D eigenvalue weighted by Crippen LogP contribution is -2.14. The van der Waals surface area contributed by atoms with Gasteiger partial charge in [-0.3, -0.25) is 4.79 Å². The van der Waals surface area contributed by atoms with E-state index in [-0.39, 0.29) is 11.1 Å². The van der Waals surface area contributed by atoms with E-state index >= 15 is 0 Å². The topological polar surface area (TPSA) is 67.2 Å². The number of nitrogens with one attached hydrogen (secondary N) is 2. The van der Waals surface area contributed by atoms with Crippen LogP contribution < -0.4 is 10.6 Å². The quantitative estimate of drug-likeness (QED) is 0.845. The molecule has 1 aromatic heterocycles. The maximum Gasteiger partial charge on any atom is 0.229 e. The molecule has 0 unspecified atom stereocenters. The Morgan fingerprint density at radius 1 is 1.32 bits per heavy atom. The van der Waals surface area contributed by atoms with Crippen molar-refractivity contribution < 1.29 is 9.32 Å². The summed E-state index contributed by atoms with van der Waals surface area (Å²) in [4.78, 5) is 12.1. The largest absolute Gasteiger partial charge is 0.384 e. The number of hydrogen-bond acceptors (Lipinski definition) is 4. The fraction of sp³-hybridized carbons (Fsp3) is 0.375. The van der Waals surface area contributed by atoms with Crippen molar-refractivity contribution in [3.05, 3.63) is 40.2 Å². The highest BCUT2D eigenvalue weighted by molar-refractivity contribution is 6.29. The zero-order valence-electron chi connectivity index (χ0n) is 13.0. The zero-order chi connectivity index (χ0) is 16.1. The van der Waals surface area contributed by atoms with Gasteiger partial charge in [0.05, 0.1) is 17.1 Å². The molecule has 0 aliphatic carbocycles. The number of nitrogens with zero attached hydrogens (tertiary/aromatic N) is 1. The van der Waals surface area contributed by atoms with E-state index in [4.69, 9.17) is 16.1 Å². The van der Waals surface area contributed by atoms with Gasteiger partial charge in [-0.05, 0) is 56.5 Å². The molecule has 22 heavy (non-hydrogen) atoms. The minimum absolute atomic E-state index is 0.0697. The van der Waals surface area contributed by atoms with E-state index in [9.17, 15) is 4.79 Å². The van der Waals surface area contributed by atoms with E-state index in [2.05, 4.69) is 15.8 Å². The molecule has 0 atom stereocenters. The van der Waals surface area contributed by atoms with E-state index < -0.39 is 0 Å². The molecule has 118 valence electrons. The first-order valence-electron chi connectivity index (χ1n) is 7.26. The summed E-state index contributed by atoms with van der Waals surface area (Å²) in [7, 11) is 0. The van der Waals surface area contributed by atoms with Crippen LogP contribution >= 0.6 is 11.6 Å². The molecule has 1 heterocycles. The third kappa shape index (κ3) is 4.01. The molecular weight excluding hydrogens is 302 g/mol. The number of anilines is 2. The Morgan fingerprint density at radius 3 is 2.73 bits per heavy atom. The van der Waals surface area contributed by atoms with Gasteiger partial charge >= 0.3 is 0 Å². The molecule has 0 fully saturated rings. The molecule has 0 aliphatic rings. The predicted octanol–water partition coefficient (Wildman–Crippen LogP) is 3.95. The van der Waals surface area contributed by atoms with Crippen LogP contribution in [0.1, 0.15) is 30.2 Å². The van der Waals surface area contributed by atoms with Crippen LogP contribution in [0.2, 0.25) is 5.22 Å². The Labute approximate surface area is 135 Å². The van der Waals surface area contributed by atoms with Crippen LogP contribution in [0.5, 0.6) is 0 Å². The van der Waals surface area contributed by atoms with E-state index in [1.807, 2.05) is 39.0 Å². The monoisotopic (exact) mass is 321 g/mol. The molecule has 0 radical (unpaired) electrons. The molecule has 0 bridgehead atoms. The summed E-state index contributed by atoms with van der Waals surface area (Å²) in [5.41, 5.74) is 4.36. The molecular formula is C16H20ClN3O2. The molecule has 0 spiro atoms. The van der Waals surface area contributed by atoms with Crippen molar-refractivity contribution >= 4 is 28.9 Å². The van der Waals surface area contributed by atoms with Gasteiger partial charge in [0.1, 0.15) is 0 Å². The first-order valence-corrected chi connectivity index (χ1v) is 7.64. The average molecular weight is 322 g/mol. The van der Waals surface area contributed by atoms with Crippen LogP contribution in [0.25, 0.3) is 0 Å². The van der Waals surface area contributed by atoms with E-state index in [1.54, 1.807) is 0 Å². The summed E-state index contributed by atoms with van der Waals surface area (Å²) < 4.78 is 4.88. The van der Waals surface area contributed by atoms with Crippen LogP contribution in [0.4, 0.5) is 11.4 Å². The highest BCUT2D eigenvalue weighted by atomic mass is 35.5. The Balaban J connectivity index is 2.00. The average Bonchev–Trinajstić information content (AvgIpc) is 2.79. The Bertz CT molecular complexity index is 648. The van der Waals surface area contributed by atoms with Gasteiger partial charge in [0.15, 0.2) is 0 Å². The molecule has 1 aromatic carbocycles. The third-order valence-corrected chi connectivity index (χ3v) is 3.65. The van der Waals surface area contributed by atoms with Crippen molar-refractivity contribution in [3.63, 3.8) is 0 Å². The lowest BCUT2D eigenvalue weighted by Gasteiger charge is -2.13. The number of carbonyl (C=O) groups excluding carboxylic acids is 1. The molecule has 0 saturated heterocycles. The highest BCUT2D eigenvalue weighted by Crippen LogP contribution is 2.24. The van der Waals surface area contributed by atoms with Crippen molar-refractivity contribution in [2.45, 2.75) is 33.6 Å². The van der Waals surface area contributed by atoms with Gasteiger partial charge in [-0.15, -0.1) is 0 Å². The van der Waals surface area contributed by atoms with Gasteiger partial charge in [0, 0.05) is 18.5 Å². The van der Waals surface area contributed by atoms with E-state index in [0.717, 1.165) is 34.7 Å². The SMILES string of the molecule is CCNc1cc(C)ccc1NC(=O)CCc1c(C)noc1Cl. The van der Waals surface area contributed by atoms with Gasteiger partial charge in [0.25, 0.3) is 0 Å². The Morgan fingerprint density at radius 2 is 2.09 bits per heavy atom. The zero-order valence-corrected chi connectivity index (χ0v) is 13.8. The Hall–Kier alpha value is -2.01. The fourth-order valence-electron chi connectivity index (χ4n) is 2.20. The van der Waals surface area contributed by atoms with Crippen molar-refractivity contribution in [1.82, 2.24) is 5.16 Å². The predicted molar refractivity (Wildman–Crippen MR) is 88.5 cm³/mol. The highest BCUT2D eigenvalue weighted by Gasteiger charge is 2.13. The second kappa shape index (κ2) is 7.31. The maximum atomic E-state index is 12.1. The number of halogens is 1. The standard InChI is InChI=1S/C16H20ClN3O2/c1-4-18-14-9-10(2)5-7-13(14)19-15(21)8-6-12-11(3)20-22-16(12)17/h5,7,9,18H,4,6,8H2,1-3H3,(H,19,21). The number of rotatable bonds is 6. The van der Waals surface area contributed by atoms with Gasteiger partial charge < -0.3 is 15.2 Å². The van der Waals surface area contributed by atoms with Gasteiger partial charge in [-0.1, -0.05) is 11.2 Å². The minimum Gasteiger partial charge on any atom is -0.384 e. The molecule has 1 amide bonds. The normalized spacial score (nSPS) is 10.5. The molecule has 0 aliphatic heterocycles. The summed E-state index contributed by atoms with van der Waals surface area (Å²) in [6.07, 6.45) is 0.823. The van der Waals surface area contributed by atoms with Crippen molar-refractivity contribution in [3.8, 4) is 0 Å². The minimum atomic E-state index is -0.0697. The third-order valence-electron chi connectivity index (χ3n) is 3.36. The number of hydrogen-bond donors (Lipinski definition) is 2. The molecule has 0 saturated carbocycles. The van der Waals surface area contributed by atoms with E-state index in [0.29, 0.717) is 12.8 Å². The number of amides is 1. The summed E-state index contributed by atoms with van der Waals surface area (Å²) in [6.45, 7) is 6.64. The lowest BCUT2D eigenvalue weighted by molar-refractivity contribution is -0.116. The summed E-state index contributed by atoms with van der Waals surface area (Å²) in [5, 5.41) is 10.2. The number of aryl methyl sites for hydroxylation is 2. The van der Waals surface area contributed by atoms with Crippen LogP contribution in [0.3, 0.4) is 0 Å². The lowest BCUT2D eigenvalue weighted by atomic mass is 10.1. The summed E-state index contributed by atoms with van der Waals surface area (Å²) in [5.74, 6) is -0.0697. The van der Waals surface area contributed by atoms with Gasteiger partial charge in [-0.2, -0.15) is 0 Å². The molecule has 2 rings (SSSR count). The molecule has 5 nitrogen and oxygen atoms in total. The number of benzene rings is 1. The van der Waals surface area contributed by atoms with Gasteiger partial charge in [0.2, 0.25) is 11.1 Å². The van der Waals surface area contributed by atoms with Crippen molar-refractivity contribution in [1.29, 1.82) is 0 Å². The number of carbonyl (C=O) groups is 1. The molecule has 2 N–H and O–H groups in total. The second-order valence-electron chi connectivity index (χ2n) is 5.15. The van der Waals surface area contributed by atoms with E-state index in [1.165, 1.54) is 0 Å². The first-order chi connectivity index (χ1) is 10.5. The Kier molecular flexibility index (Phi) is 5.44. The fourth-order valence-corrected chi connectivity index (χ4v) is 2.46. The maximum absolute atomic E-state index is 12.1. The van der Waals surface area contributed by atoms with Crippen LogP contribution in [0, 0.1) is 13.8 Å². The number of aromatic nitrogens is 1. The van der Waals surface area contributed by atoms with Crippen LogP contribution in [-0.4, -0.2) is 17.6 Å². The molecule has 6 heteroatoms. The summed E-state index contributed by atoms with van der Waals surface area (Å²) >= 11 is 5.90. The first kappa shape index (κ1) is 16.4. The van der Waals surface area contributed by atoms with Crippen LogP contribution in [-0.2, 0) is 11.2 Å². The van der Waals surface area contributed by atoms with Crippen molar-refractivity contribution in [2.75, 3.05) is 17.2 Å². The molecule has 2 aromatic rings. The smallest absolute Gasteiger partial charge is 0.229 e. The van der Waals surface area contributed by atoms with Crippen LogP contribution in [0.15, 0.2) is 22.7 Å². The van der Waals surface area contributed by atoms with Gasteiger partial charge in [-0.25, -0.2) is 0 Å². The van der Waals surface area contributed by atoms with Crippen molar-refractivity contribution in [2.24, 2.45) is 0 Å².